The summed E-state index contributed by atoms with van der Waals surface area (Å²) in [5.41, 5.74) is 10.4. The van der Waals surface area contributed by atoms with E-state index in [1.165, 1.54) is 33.0 Å². The summed E-state index contributed by atoms with van der Waals surface area (Å²) in [5, 5.41) is 4.99. The lowest BCUT2D eigenvalue weighted by Crippen LogP contribution is -2.22. The van der Waals surface area contributed by atoms with Gasteiger partial charge in [-0.3, -0.25) is 4.79 Å². The number of rotatable bonds is 7. The van der Waals surface area contributed by atoms with Crippen LogP contribution >= 0.6 is 23.1 Å². The van der Waals surface area contributed by atoms with E-state index in [0.29, 0.717) is 0 Å². The Bertz CT molecular complexity index is 1900. The van der Waals surface area contributed by atoms with E-state index >= 15 is 0 Å². The molecule has 6 rings (SSSR count). The summed E-state index contributed by atoms with van der Waals surface area (Å²) >= 11 is 3.45. The third-order valence-electron chi connectivity index (χ3n) is 8.77. The van der Waals surface area contributed by atoms with Crippen LogP contribution in [0.3, 0.4) is 0 Å². The van der Waals surface area contributed by atoms with Gasteiger partial charge in [0.2, 0.25) is 0 Å². The standard InChI is InChI=1S/C32H37N2OS.C9H8S/c1-7-33(8-2)24-15-17-26(22(5)19-24)31(27-18-16-25(20-23(27)6)34(9-3)10-4)29-21-36-30-14-12-11-13-28(30)32(29)35;1-2-6-9-8(4-1)5-3-7-10-9/h11-21H,7-10H2,1-6H3;1-4,6-7H,5H2/q+1;. The summed E-state index contributed by atoms with van der Waals surface area (Å²) in [6, 6.07) is 23.1. The van der Waals surface area contributed by atoms with Crippen LogP contribution in [0.4, 0.5) is 5.69 Å². The van der Waals surface area contributed by atoms with E-state index in [2.05, 4.69) is 129 Å². The van der Waals surface area contributed by atoms with Gasteiger partial charge in [-0.1, -0.05) is 54.2 Å². The van der Waals surface area contributed by atoms with E-state index in [1.54, 1.807) is 11.3 Å². The zero-order valence-corrected chi connectivity index (χ0v) is 29.6. The van der Waals surface area contributed by atoms with Crippen LogP contribution in [-0.2, 0) is 6.42 Å². The molecule has 0 unspecified atom stereocenters. The second-order valence-electron chi connectivity index (χ2n) is 11.5. The molecule has 0 bridgehead atoms. The number of thioether (sulfide) groups is 1. The molecule has 2 aliphatic rings. The topological polar surface area (TPSA) is 23.3 Å². The first kappa shape index (κ1) is 33.4. The van der Waals surface area contributed by atoms with Crippen LogP contribution in [0.5, 0.6) is 0 Å². The molecule has 3 nitrogen and oxygen atoms in total. The second-order valence-corrected chi connectivity index (χ2v) is 13.4. The van der Waals surface area contributed by atoms with Gasteiger partial charge in [-0.15, -0.1) is 11.3 Å². The van der Waals surface area contributed by atoms with E-state index in [9.17, 15) is 4.79 Å². The van der Waals surface area contributed by atoms with Crippen molar-refractivity contribution < 1.29 is 4.58 Å². The molecule has 0 saturated carbocycles. The number of anilines is 1. The summed E-state index contributed by atoms with van der Waals surface area (Å²) in [6.45, 7) is 16.9. The maximum absolute atomic E-state index is 13.8. The molecule has 0 fully saturated rings. The summed E-state index contributed by atoms with van der Waals surface area (Å²) in [7, 11) is 0. The van der Waals surface area contributed by atoms with Gasteiger partial charge in [-0.25, -0.2) is 4.58 Å². The fourth-order valence-corrected chi connectivity index (χ4v) is 7.91. The molecular weight excluding hydrogens is 601 g/mol. The average Bonchev–Trinajstić information content (AvgIpc) is 3.09. The number of hydrogen-bond acceptors (Lipinski definition) is 4. The van der Waals surface area contributed by atoms with Crippen molar-refractivity contribution in [2.45, 2.75) is 52.9 Å². The van der Waals surface area contributed by atoms with Crippen molar-refractivity contribution >= 4 is 50.2 Å². The number of allylic oxidation sites excluding steroid dienone is 6. The number of benzene rings is 3. The first-order valence-electron chi connectivity index (χ1n) is 16.4. The number of aryl methyl sites for hydroxylation is 1. The molecule has 3 aromatic carbocycles. The Labute approximate surface area is 283 Å². The molecule has 236 valence electrons. The van der Waals surface area contributed by atoms with Crippen LogP contribution < -0.4 is 10.3 Å². The molecular formula is C41H45N2OS2+. The third kappa shape index (κ3) is 7.22. The molecule has 1 aromatic heterocycles. The third-order valence-corrected chi connectivity index (χ3v) is 10.7. The molecule has 1 aliphatic carbocycles. The Hall–Kier alpha value is -3.93. The fourth-order valence-electron chi connectivity index (χ4n) is 6.20. The Morgan fingerprint density at radius 2 is 1.61 bits per heavy atom. The van der Waals surface area contributed by atoms with Crippen molar-refractivity contribution in [1.82, 2.24) is 0 Å². The second kappa shape index (κ2) is 15.6. The highest BCUT2D eigenvalue weighted by molar-refractivity contribution is 8.02. The summed E-state index contributed by atoms with van der Waals surface area (Å²) < 4.78 is 3.38. The summed E-state index contributed by atoms with van der Waals surface area (Å²) in [4.78, 5) is 17.6. The first-order valence-corrected chi connectivity index (χ1v) is 18.1. The van der Waals surface area contributed by atoms with Crippen molar-refractivity contribution in [2.75, 3.05) is 31.1 Å². The van der Waals surface area contributed by atoms with Gasteiger partial charge in [-0.05, 0) is 118 Å². The lowest BCUT2D eigenvalue weighted by atomic mass is 9.86. The zero-order valence-electron chi connectivity index (χ0n) is 28.0. The molecule has 0 spiro atoms. The van der Waals surface area contributed by atoms with Crippen molar-refractivity contribution in [3.05, 3.63) is 145 Å². The molecule has 0 radical (unpaired) electrons. The lowest BCUT2D eigenvalue weighted by molar-refractivity contribution is -0.519. The van der Waals surface area contributed by atoms with Gasteiger partial charge in [0.05, 0.1) is 0 Å². The van der Waals surface area contributed by atoms with Crippen molar-refractivity contribution in [2.24, 2.45) is 0 Å². The molecule has 0 amide bonds. The largest absolute Gasteiger partial charge is 0.372 e. The number of nitrogens with zero attached hydrogens (tertiary/aromatic N) is 2. The zero-order chi connectivity index (χ0) is 32.6. The highest BCUT2D eigenvalue weighted by Crippen LogP contribution is 2.36. The number of fused-ring (bicyclic) bond motifs is 2. The smallest absolute Gasteiger partial charge is 0.200 e. The molecule has 2 heterocycles. The monoisotopic (exact) mass is 645 g/mol. The van der Waals surface area contributed by atoms with E-state index in [-0.39, 0.29) is 5.43 Å². The minimum absolute atomic E-state index is 0.0961. The van der Waals surface area contributed by atoms with Crippen LogP contribution in [0, 0.1) is 6.92 Å². The Kier molecular flexibility index (Phi) is 11.3. The van der Waals surface area contributed by atoms with Gasteiger partial charge in [0.25, 0.3) is 0 Å². The van der Waals surface area contributed by atoms with E-state index in [0.717, 1.165) is 65.0 Å². The molecule has 0 saturated heterocycles. The van der Waals surface area contributed by atoms with Gasteiger partial charge in [0, 0.05) is 62.4 Å². The van der Waals surface area contributed by atoms with Crippen LogP contribution in [0.1, 0.15) is 56.9 Å². The maximum Gasteiger partial charge on any atom is 0.200 e. The van der Waals surface area contributed by atoms with Crippen LogP contribution in [0.15, 0.2) is 123 Å². The molecule has 46 heavy (non-hydrogen) atoms. The quantitative estimate of drug-likeness (QED) is 0.187. The molecule has 4 aromatic rings. The van der Waals surface area contributed by atoms with Crippen LogP contribution in [0.2, 0.25) is 0 Å². The van der Waals surface area contributed by atoms with Gasteiger partial charge in [-0.2, -0.15) is 0 Å². The van der Waals surface area contributed by atoms with Crippen molar-refractivity contribution in [3.63, 3.8) is 0 Å². The minimum Gasteiger partial charge on any atom is -0.372 e. The SMILES string of the molecule is C1=CSc2ccccc2C1.CCN(CC)c1ccc(C(=C2C=CC(=[N+](CC)CC)C=C2C)c2csc3ccccc3c2=O)c(C)c1. The van der Waals surface area contributed by atoms with E-state index in [1.807, 2.05) is 36.0 Å². The van der Waals surface area contributed by atoms with E-state index < -0.39 is 0 Å². The van der Waals surface area contributed by atoms with Crippen LogP contribution in [-0.4, -0.2) is 36.5 Å². The Morgan fingerprint density at radius 1 is 0.870 bits per heavy atom. The predicted molar refractivity (Wildman–Crippen MR) is 203 cm³/mol. The van der Waals surface area contributed by atoms with Crippen molar-refractivity contribution in [1.29, 1.82) is 0 Å². The average molecular weight is 646 g/mol. The van der Waals surface area contributed by atoms with E-state index in [4.69, 9.17) is 0 Å². The minimum atomic E-state index is 0.0961. The Balaban J connectivity index is 0.000000350. The van der Waals surface area contributed by atoms with Gasteiger partial charge in [0.15, 0.2) is 11.1 Å². The molecule has 1 aliphatic heterocycles. The molecule has 5 heteroatoms. The van der Waals surface area contributed by atoms with Crippen LogP contribution in [0.25, 0.3) is 15.7 Å². The fraction of sp³-hybridized carbons (Fsp3) is 0.268. The normalized spacial score (nSPS) is 14.7. The highest BCUT2D eigenvalue weighted by Gasteiger charge is 2.22. The maximum atomic E-state index is 13.8. The summed E-state index contributed by atoms with van der Waals surface area (Å²) in [6.07, 6.45) is 9.96. The predicted octanol–water partition coefficient (Wildman–Crippen LogP) is 10.1. The first-order chi connectivity index (χ1) is 22.4. The summed E-state index contributed by atoms with van der Waals surface area (Å²) in [5.74, 6) is 0. The van der Waals surface area contributed by atoms with Gasteiger partial charge < -0.3 is 4.90 Å². The molecule has 0 N–H and O–H groups in total. The number of hydrogen-bond donors (Lipinski definition) is 0. The highest BCUT2D eigenvalue weighted by atomic mass is 32.2. The van der Waals surface area contributed by atoms with Crippen molar-refractivity contribution in [3.8, 4) is 0 Å². The van der Waals surface area contributed by atoms with Gasteiger partial charge in [0.1, 0.15) is 13.1 Å². The van der Waals surface area contributed by atoms with Gasteiger partial charge >= 0.3 is 0 Å². The molecule has 0 atom stereocenters. The Morgan fingerprint density at radius 3 is 2.30 bits per heavy atom. The lowest BCUT2D eigenvalue weighted by Gasteiger charge is -2.23.